The summed E-state index contributed by atoms with van der Waals surface area (Å²) in [5, 5.41) is 7.67. The van der Waals surface area contributed by atoms with Gasteiger partial charge in [-0.3, -0.25) is 0 Å². The Morgan fingerprint density at radius 3 is 2.67 bits per heavy atom. The first-order chi connectivity index (χ1) is 7.24. The summed E-state index contributed by atoms with van der Waals surface area (Å²) in [6, 6.07) is 9.08. The van der Waals surface area contributed by atoms with Gasteiger partial charge in [-0.05, 0) is 50.6 Å². The zero-order valence-corrected chi connectivity index (χ0v) is 9.72. The van der Waals surface area contributed by atoms with E-state index < -0.39 is 0 Å². The molecule has 2 rings (SSSR count). The monoisotopic (exact) mass is 224 g/mol. The van der Waals surface area contributed by atoms with Gasteiger partial charge in [0.05, 0.1) is 0 Å². The molecule has 1 fully saturated rings. The molecule has 3 heteroatoms. The maximum atomic E-state index is 5.83. The van der Waals surface area contributed by atoms with E-state index in [2.05, 4.69) is 17.6 Å². The van der Waals surface area contributed by atoms with E-state index in [1.54, 1.807) is 0 Å². The summed E-state index contributed by atoms with van der Waals surface area (Å²) in [4.78, 5) is 0. The SMILES string of the molecule is CC(C[C@@H]1CCN1)Nc1ccc(Cl)cc1. The Morgan fingerprint density at radius 2 is 2.13 bits per heavy atom. The molecule has 2 N–H and O–H groups in total. The fourth-order valence-corrected chi connectivity index (χ4v) is 1.99. The molecule has 0 radical (unpaired) electrons. The number of benzene rings is 1. The molecule has 0 aliphatic carbocycles. The van der Waals surface area contributed by atoms with Crippen molar-refractivity contribution in [1.29, 1.82) is 0 Å². The summed E-state index contributed by atoms with van der Waals surface area (Å²) >= 11 is 5.83. The Morgan fingerprint density at radius 1 is 1.47 bits per heavy atom. The summed E-state index contributed by atoms with van der Waals surface area (Å²) in [6.07, 6.45) is 2.50. The Kier molecular flexibility index (Phi) is 3.49. The summed E-state index contributed by atoms with van der Waals surface area (Å²) in [6.45, 7) is 3.40. The first-order valence-corrected chi connectivity index (χ1v) is 5.87. The van der Waals surface area contributed by atoms with Crippen molar-refractivity contribution in [2.24, 2.45) is 0 Å². The number of hydrogen-bond acceptors (Lipinski definition) is 2. The largest absolute Gasteiger partial charge is 0.383 e. The molecule has 1 unspecified atom stereocenters. The Hall–Kier alpha value is -0.730. The van der Waals surface area contributed by atoms with Crippen LogP contribution >= 0.6 is 11.6 Å². The number of nitrogens with one attached hydrogen (secondary N) is 2. The molecule has 1 aliphatic rings. The molecule has 0 bridgehead atoms. The standard InChI is InChI=1S/C12H17ClN2/c1-9(8-12-6-7-14-12)15-11-4-2-10(13)3-5-11/h2-5,9,12,14-15H,6-8H2,1H3/t9?,12-/m0/s1. The van der Waals surface area contributed by atoms with Crippen LogP contribution in [0.2, 0.25) is 5.02 Å². The minimum absolute atomic E-state index is 0.504. The first-order valence-electron chi connectivity index (χ1n) is 5.49. The second-order valence-electron chi connectivity index (χ2n) is 4.23. The predicted octanol–water partition coefficient (Wildman–Crippen LogP) is 2.89. The summed E-state index contributed by atoms with van der Waals surface area (Å²) < 4.78 is 0. The van der Waals surface area contributed by atoms with Gasteiger partial charge in [0.2, 0.25) is 0 Å². The Bertz CT molecular complexity index is 306. The lowest BCUT2D eigenvalue weighted by Crippen LogP contribution is -2.45. The molecule has 0 saturated carbocycles. The van der Waals surface area contributed by atoms with Crippen LogP contribution in [0, 0.1) is 0 Å². The molecule has 1 heterocycles. The molecule has 0 spiro atoms. The van der Waals surface area contributed by atoms with Gasteiger partial charge in [0, 0.05) is 22.8 Å². The van der Waals surface area contributed by atoms with Crippen molar-refractivity contribution in [2.75, 3.05) is 11.9 Å². The predicted molar refractivity (Wildman–Crippen MR) is 65.6 cm³/mol. The van der Waals surface area contributed by atoms with Crippen LogP contribution in [0.4, 0.5) is 5.69 Å². The van der Waals surface area contributed by atoms with E-state index in [0.717, 1.165) is 10.7 Å². The lowest BCUT2D eigenvalue weighted by molar-refractivity contribution is 0.339. The molecule has 1 aliphatic heterocycles. The van der Waals surface area contributed by atoms with Crippen LogP contribution in [0.25, 0.3) is 0 Å². The van der Waals surface area contributed by atoms with E-state index in [0.29, 0.717) is 12.1 Å². The highest BCUT2D eigenvalue weighted by molar-refractivity contribution is 6.30. The van der Waals surface area contributed by atoms with Crippen molar-refractivity contribution in [3.63, 3.8) is 0 Å². The lowest BCUT2D eigenvalue weighted by Gasteiger charge is -2.30. The third-order valence-electron chi connectivity index (χ3n) is 2.82. The fourth-order valence-electron chi connectivity index (χ4n) is 1.87. The Labute approximate surface area is 96.0 Å². The highest BCUT2D eigenvalue weighted by Gasteiger charge is 2.18. The smallest absolute Gasteiger partial charge is 0.0407 e. The highest BCUT2D eigenvalue weighted by Crippen LogP contribution is 2.17. The van der Waals surface area contributed by atoms with Gasteiger partial charge in [0.25, 0.3) is 0 Å². The van der Waals surface area contributed by atoms with Crippen LogP contribution < -0.4 is 10.6 Å². The summed E-state index contributed by atoms with van der Waals surface area (Å²) in [5.41, 5.74) is 1.14. The molecule has 2 atom stereocenters. The van der Waals surface area contributed by atoms with E-state index in [9.17, 15) is 0 Å². The summed E-state index contributed by atoms with van der Waals surface area (Å²) in [5.74, 6) is 0. The summed E-state index contributed by atoms with van der Waals surface area (Å²) in [7, 11) is 0. The molecule has 1 aromatic carbocycles. The lowest BCUT2D eigenvalue weighted by atomic mass is 9.99. The highest BCUT2D eigenvalue weighted by atomic mass is 35.5. The van der Waals surface area contributed by atoms with Gasteiger partial charge in [-0.2, -0.15) is 0 Å². The van der Waals surface area contributed by atoms with Crippen molar-refractivity contribution < 1.29 is 0 Å². The third kappa shape index (κ3) is 3.11. The van der Waals surface area contributed by atoms with Crippen LogP contribution in [0.5, 0.6) is 0 Å². The zero-order valence-electron chi connectivity index (χ0n) is 8.96. The van der Waals surface area contributed by atoms with Crippen molar-refractivity contribution >= 4 is 17.3 Å². The third-order valence-corrected chi connectivity index (χ3v) is 3.07. The molecule has 2 nitrogen and oxygen atoms in total. The Balaban J connectivity index is 1.82. The molecule has 82 valence electrons. The average molecular weight is 225 g/mol. The molecule has 1 saturated heterocycles. The van der Waals surface area contributed by atoms with Crippen LogP contribution in [0.1, 0.15) is 19.8 Å². The molecule has 15 heavy (non-hydrogen) atoms. The van der Waals surface area contributed by atoms with Crippen molar-refractivity contribution in [2.45, 2.75) is 31.8 Å². The van der Waals surface area contributed by atoms with Gasteiger partial charge in [-0.25, -0.2) is 0 Å². The van der Waals surface area contributed by atoms with Gasteiger partial charge in [-0.15, -0.1) is 0 Å². The normalized spacial score (nSPS) is 21.9. The second kappa shape index (κ2) is 4.86. The van der Waals surface area contributed by atoms with Crippen LogP contribution in [0.3, 0.4) is 0 Å². The van der Waals surface area contributed by atoms with Crippen LogP contribution in [-0.2, 0) is 0 Å². The van der Waals surface area contributed by atoms with E-state index in [-0.39, 0.29) is 0 Å². The second-order valence-corrected chi connectivity index (χ2v) is 4.66. The first kappa shape index (κ1) is 10.8. The van der Waals surface area contributed by atoms with Gasteiger partial charge >= 0.3 is 0 Å². The molecule has 0 aromatic heterocycles. The van der Waals surface area contributed by atoms with Crippen molar-refractivity contribution in [3.8, 4) is 0 Å². The van der Waals surface area contributed by atoms with Crippen molar-refractivity contribution in [1.82, 2.24) is 5.32 Å². The number of hydrogen-bond donors (Lipinski definition) is 2. The van der Waals surface area contributed by atoms with Crippen molar-refractivity contribution in [3.05, 3.63) is 29.3 Å². The van der Waals surface area contributed by atoms with Crippen LogP contribution in [-0.4, -0.2) is 18.6 Å². The quantitative estimate of drug-likeness (QED) is 0.822. The van der Waals surface area contributed by atoms with Gasteiger partial charge in [-0.1, -0.05) is 11.6 Å². The topological polar surface area (TPSA) is 24.1 Å². The minimum Gasteiger partial charge on any atom is -0.383 e. The maximum Gasteiger partial charge on any atom is 0.0407 e. The number of rotatable bonds is 4. The minimum atomic E-state index is 0.504. The molecule has 0 amide bonds. The van der Waals surface area contributed by atoms with E-state index >= 15 is 0 Å². The fraction of sp³-hybridized carbons (Fsp3) is 0.500. The zero-order chi connectivity index (χ0) is 10.7. The number of anilines is 1. The van der Waals surface area contributed by atoms with E-state index in [1.807, 2.05) is 24.3 Å². The average Bonchev–Trinajstić information content (AvgIpc) is 2.16. The van der Waals surface area contributed by atoms with Gasteiger partial charge in [0.15, 0.2) is 0 Å². The van der Waals surface area contributed by atoms with Gasteiger partial charge in [0.1, 0.15) is 0 Å². The maximum absolute atomic E-state index is 5.83. The molecule has 1 aromatic rings. The molecular weight excluding hydrogens is 208 g/mol. The number of halogens is 1. The van der Waals surface area contributed by atoms with E-state index in [4.69, 9.17) is 11.6 Å². The molecular formula is C12H17ClN2. The van der Waals surface area contributed by atoms with Gasteiger partial charge < -0.3 is 10.6 Å². The van der Waals surface area contributed by atoms with E-state index in [1.165, 1.54) is 19.4 Å². The van der Waals surface area contributed by atoms with Crippen LogP contribution in [0.15, 0.2) is 24.3 Å².